The highest BCUT2D eigenvalue weighted by Crippen LogP contribution is 2.29. The smallest absolute Gasteiger partial charge is 0.154 e. The average molecular weight is 244 g/mol. The zero-order chi connectivity index (χ0) is 13.0. The minimum atomic E-state index is 0.539. The SMILES string of the molecule is CCOc1ccc2ccc(OCC)c(C=O)c2c1. The summed E-state index contributed by atoms with van der Waals surface area (Å²) in [4.78, 5) is 11.3. The largest absolute Gasteiger partial charge is 0.494 e. The van der Waals surface area contributed by atoms with Gasteiger partial charge in [-0.15, -0.1) is 0 Å². The molecule has 0 aliphatic carbocycles. The lowest BCUT2D eigenvalue weighted by Crippen LogP contribution is -1.97. The van der Waals surface area contributed by atoms with Crippen molar-refractivity contribution in [2.45, 2.75) is 13.8 Å². The Morgan fingerprint density at radius 1 is 1.06 bits per heavy atom. The Labute approximate surface area is 106 Å². The first-order chi connectivity index (χ1) is 8.80. The lowest BCUT2D eigenvalue weighted by Gasteiger charge is -2.10. The summed E-state index contributed by atoms with van der Waals surface area (Å²) < 4.78 is 10.9. The molecule has 0 unspecified atom stereocenters. The number of hydrogen-bond acceptors (Lipinski definition) is 3. The molecule has 2 aromatic rings. The second-order valence-electron chi connectivity index (χ2n) is 3.84. The van der Waals surface area contributed by atoms with E-state index in [9.17, 15) is 4.79 Å². The van der Waals surface area contributed by atoms with Crippen LogP contribution in [0, 0.1) is 0 Å². The number of ether oxygens (including phenoxy) is 2. The Morgan fingerprint density at radius 2 is 1.78 bits per heavy atom. The highest BCUT2D eigenvalue weighted by Gasteiger charge is 2.08. The van der Waals surface area contributed by atoms with Crippen LogP contribution in [-0.4, -0.2) is 19.5 Å². The predicted octanol–water partition coefficient (Wildman–Crippen LogP) is 3.45. The van der Waals surface area contributed by atoms with Crippen LogP contribution < -0.4 is 9.47 Å². The van der Waals surface area contributed by atoms with E-state index in [1.165, 1.54) is 0 Å². The molecule has 0 atom stereocenters. The van der Waals surface area contributed by atoms with Gasteiger partial charge in [-0.1, -0.05) is 12.1 Å². The maximum atomic E-state index is 11.3. The first-order valence-electron chi connectivity index (χ1n) is 6.07. The molecular weight excluding hydrogens is 228 g/mol. The molecule has 0 radical (unpaired) electrons. The van der Waals surface area contributed by atoms with E-state index in [0.29, 0.717) is 24.5 Å². The van der Waals surface area contributed by atoms with Crippen molar-refractivity contribution in [3.8, 4) is 11.5 Å². The Bertz CT molecular complexity index is 556. The van der Waals surface area contributed by atoms with Crippen LogP contribution in [0.25, 0.3) is 10.8 Å². The standard InChI is InChI=1S/C15H16O3/c1-3-17-12-7-5-11-6-8-15(18-4-2)14(10-16)13(11)9-12/h5-10H,3-4H2,1-2H3. The molecule has 0 heterocycles. The van der Waals surface area contributed by atoms with E-state index in [2.05, 4.69) is 0 Å². The quantitative estimate of drug-likeness (QED) is 0.756. The zero-order valence-corrected chi connectivity index (χ0v) is 10.6. The number of aldehydes is 1. The van der Waals surface area contributed by atoms with E-state index in [1.54, 1.807) is 0 Å². The van der Waals surface area contributed by atoms with Gasteiger partial charge in [0.1, 0.15) is 11.5 Å². The molecule has 18 heavy (non-hydrogen) atoms. The summed E-state index contributed by atoms with van der Waals surface area (Å²) in [6.45, 7) is 4.97. The summed E-state index contributed by atoms with van der Waals surface area (Å²) in [6, 6.07) is 9.51. The van der Waals surface area contributed by atoms with Crippen molar-refractivity contribution in [2.75, 3.05) is 13.2 Å². The third-order valence-corrected chi connectivity index (χ3v) is 2.72. The molecule has 0 saturated heterocycles. The average Bonchev–Trinajstić information content (AvgIpc) is 2.39. The number of hydrogen-bond donors (Lipinski definition) is 0. The van der Waals surface area contributed by atoms with Gasteiger partial charge in [0.05, 0.1) is 18.8 Å². The number of benzene rings is 2. The van der Waals surface area contributed by atoms with Crippen LogP contribution in [0.2, 0.25) is 0 Å². The Balaban J connectivity index is 2.60. The minimum absolute atomic E-state index is 0.539. The molecule has 0 N–H and O–H groups in total. The van der Waals surface area contributed by atoms with Crippen molar-refractivity contribution in [3.05, 3.63) is 35.9 Å². The van der Waals surface area contributed by atoms with E-state index < -0.39 is 0 Å². The number of carbonyl (C=O) groups excluding carboxylic acids is 1. The van der Waals surface area contributed by atoms with Gasteiger partial charge < -0.3 is 9.47 Å². The summed E-state index contributed by atoms with van der Waals surface area (Å²) >= 11 is 0. The molecular formula is C15H16O3. The fourth-order valence-corrected chi connectivity index (χ4v) is 1.96. The van der Waals surface area contributed by atoms with Crippen molar-refractivity contribution in [1.82, 2.24) is 0 Å². The van der Waals surface area contributed by atoms with E-state index in [0.717, 1.165) is 22.8 Å². The fraction of sp³-hybridized carbons (Fsp3) is 0.267. The van der Waals surface area contributed by atoms with Gasteiger partial charge >= 0.3 is 0 Å². The van der Waals surface area contributed by atoms with Crippen molar-refractivity contribution in [2.24, 2.45) is 0 Å². The van der Waals surface area contributed by atoms with Gasteiger partial charge in [-0.25, -0.2) is 0 Å². The van der Waals surface area contributed by atoms with Gasteiger partial charge in [0.25, 0.3) is 0 Å². The summed E-state index contributed by atoms with van der Waals surface area (Å²) in [5.74, 6) is 1.38. The fourth-order valence-electron chi connectivity index (χ4n) is 1.96. The van der Waals surface area contributed by atoms with Crippen molar-refractivity contribution < 1.29 is 14.3 Å². The van der Waals surface area contributed by atoms with Gasteiger partial charge in [0, 0.05) is 0 Å². The monoisotopic (exact) mass is 244 g/mol. The maximum Gasteiger partial charge on any atom is 0.154 e. The van der Waals surface area contributed by atoms with E-state index in [4.69, 9.17) is 9.47 Å². The number of fused-ring (bicyclic) bond motifs is 1. The molecule has 0 bridgehead atoms. The van der Waals surface area contributed by atoms with Crippen LogP contribution in [0.4, 0.5) is 0 Å². The van der Waals surface area contributed by atoms with Crippen LogP contribution in [0.15, 0.2) is 30.3 Å². The third kappa shape index (κ3) is 2.30. The van der Waals surface area contributed by atoms with Crippen LogP contribution in [0.5, 0.6) is 11.5 Å². The summed E-state index contributed by atoms with van der Waals surface area (Å²) in [6.07, 6.45) is 0.836. The van der Waals surface area contributed by atoms with Crippen LogP contribution >= 0.6 is 0 Å². The van der Waals surface area contributed by atoms with Gasteiger partial charge in [0.2, 0.25) is 0 Å². The highest BCUT2D eigenvalue weighted by molar-refractivity contribution is 6.01. The molecule has 3 nitrogen and oxygen atoms in total. The molecule has 0 aliphatic heterocycles. The molecule has 0 saturated carbocycles. The second kappa shape index (κ2) is 5.54. The van der Waals surface area contributed by atoms with Gasteiger partial charge in [-0.3, -0.25) is 4.79 Å². The molecule has 0 aliphatic rings. The normalized spacial score (nSPS) is 10.3. The van der Waals surface area contributed by atoms with E-state index in [-0.39, 0.29) is 0 Å². The molecule has 0 aromatic heterocycles. The molecule has 94 valence electrons. The Morgan fingerprint density at radius 3 is 2.44 bits per heavy atom. The second-order valence-corrected chi connectivity index (χ2v) is 3.84. The molecule has 2 aromatic carbocycles. The van der Waals surface area contributed by atoms with Gasteiger partial charge in [0.15, 0.2) is 6.29 Å². The number of carbonyl (C=O) groups is 1. The van der Waals surface area contributed by atoms with Crippen LogP contribution in [0.3, 0.4) is 0 Å². The lowest BCUT2D eigenvalue weighted by molar-refractivity contribution is 0.112. The molecule has 0 spiro atoms. The Hall–Kier alpha value is -2.03. The summed E-state index contributed by atoms with van der Waals surface area (Å²) in [7, 11) is 0. The zero-order valence-electron chi connectivity index (χ0n) is 10.6. The molecule has 2 rings (SSSR count). The van der Waals surface area contributed by atoms with E-state index >= 15 is 0 Å². The maximum absolute atomic E-state index is 11.3. The first kappa shape index (κ1) is 12.4. The highest BCUT2D eigenvalue weighted by atomic mass is 16.5. The predicted molar refractivity (Wildman–Crippen MR) is 71.7 cm³/mol. The first-order valence-corrected chi connectivity index (χ1v) is 6.07. The summed E-state index contributed by atoms with van der Waals surface area (Å²) in [5.41, 5.74) is 0.580. The van der Waals surface area contributed by atoms with Crippen LogP contribution in [0.1, 0.15) is 24.2 Å². The van der Waals surface area contributed by atoms with Crippen molar-refractivity contribution >= 4 is 17.1 Å². The third-order valence-electron chi connectivity index (χ3n) is 2.72. The van der Waals surface area contributed by atoms with Crippen molar-refractivity contribution in [3.63, 3.8) is 0 Å². The van der Waals surface area contributed by atoms with Crippen LogP contribution in [-0.2, 0) is 0 Å². The molecule has 3 heteroatoms. The topological polar surface area (TPSA) is 35.5 Å². The lowest BCUT2D eigenvalue weighted by atomic mass is 10.0. The minimum Gasteiger partial charge on any atom is -0.494 e. The Kier molecular flexibility index (Phi) is 3.82. The van der Waals surface area contributed by atoms with Gasteiger partial charge in [-0.2, -0.15) is 0 Å². The van der Waals surface area contributed by atoms with E-state index in [1.807, 2.05) is 44.2 Å². The van der Waals surface area contributed by atoms with Gasteiger partial charge in [-0.05, 0) is 42.8 Å². The molecule has 0 fully saturated rings. The van der Waals surface area contributed by atoms with Crippen molar-refractivity contribution in [1.29, 1.82) is 0 Å². The molecule has 0 amide bonds. The number of rotatable bonds is 5. The summed E-state index contributed by atoms with van der Waals surface area (Å²) in [5, 5.41) is 1.87.